The van der Waals surface area contributed by atoms with E-state index in [4.69, 9.17) is 11.6 Å². The lowest BCUT2D eigenvalue weighted by molar-refractivity contribution is -0.145. The van der Waals surface area contributed by atoms with Crippen LogP contribution in [-0.4, -0.2) is 32.3 Å². The fourth-order valence-corrected chi connectivity index (χ4v) is 3.81. The van der Waals surface area contributed by atoms with Crippen molar-refractivity contribution >= 4 is 23.5 Å². The van der Waals surface area contributed by atoms with Crippen molar-refractivity contribution in [2.45, 2.75) is 45.1 Å². The Labute approximate surface area is 157 Å². The van der Waals surface area contributed by atoms with E-state index in [9.17, 15) is 14.7 Å². The molecule has 1 aromatic carbocycles. The molecule has 1 aliphatic carbocycles. The second-order valence-electron chi connectivity index (χ2n) is 7.04. The number of aromatic nitrogens is 2. The Morgan fingerprint density at radius 1 is 1.31 bits per heavy atom. The lowest BCUT2D eigenvalue weighted by Crippen LogP contribution is -2.55. The van der Waals surface area contributed by atoms with Crippen LogP contribution in [0, 0.1) is 12.8 Å². The number of rotatable bonds is 4. The quantitative estimate of drug-likeness (QED) is 0.855. The standard InChI is InChI=1S/C19H22ClN3O3/c1-12-15(11-21-23(12)14-8-6-13(20)7-9-14)17(24)22-19(2)10-4-3-5-16(19)18(25)26/h6-9,11,16H,3-5,10H2,1-2H3,(H,22,24)(H,25,26). The van der Waals surface area contributed by atoms with Crippen molar-refractivity contribution in [1.29, 1.82) is 0 Å². The zero-order valence-electron chi connectivity index (χ0n) is 14.8. The molecule has 1 fully saturated rings. The highest BCUT2D eigenvalue weighted by Crippen LogP contribution is 2.34. The SMILES string of the molecule is Cc1c(C(=O)NC2(C)CCCCC2C(=O)O)cnn1-c1ccc(Cl)cc1. The molecule has 1 aliphatic rings. The van der Waals surface area contributed by atoms with Crippen molar-refractivity contribution in [2.24, 2.45) is 5.92 Å². The minimum atomic E-state index is -0.860. The van der Waals surface area contributed by atoms with Crippen molar-refractivity contribution < 1.29 is 14.7 Å². The van der Waals surface area contributed by atoms with Crippen molar-refractivity contribution in [3.63, 3.8) is 0 Å². The second kappa shape index (κ2) is 7.11. The predicted octanol–water partition coefficient (Wildman–Crippen LogP) is 3.60. The molecule has 2 N–H and O–H groups in total. The minimum Gasteiger partial charge on any atom is -0.481 e. The third-order valence-corrected chi connectivity index (χ3v) is 5.48. The molecular weight excluding hydrogens is 354 g/mol. The Hall–Kier alpha value is -2.34. The number of nitrogens with zero attached hydrogens (tertiary/aromatic N) is 2. The largest absolute Gasteiger partial charge is 0.481 e. The fraction of sp³-hybridized carbons (Fsp3) is 0.421. The number of nitrogens with one attached hydrogen (secondary N) is 1. The van der Waals surface area contributed by atoms with E-state index in [1.54, 1.807) is 16.8 Å². The van der Waals surface area contributed by atoms with Gasteiger partial charge in [-0.15, -0.1) is 0 Å². The highest BCUT2D eigenvalue weighted by atomic mass is 35.5. The summed E-state index contributed by atoms with van der Waals surface area (Å²) in [6, 6.07) is 7.18. The molecule has 0 bridgehead atoms. The van der Waals surface area contributed by atoms with Crippen LogP contribution >= 0.6 is 11.6 Å². The molecule has 0 saturated heterocycles. The van der Waals surface area contributed by atoms with Crippen molar-refractivity contribution in [3.8, 4) is 5.69 Å². The summed E-state index contributed by atoms with van der Waals surface area (Å²) in [6.45, 7) is 3.64. The molecule has 3 rings (SSSR count). The van der Waals surface area contributed by atoms with E-state index in [-0.39, 0.29) is 5.91 Å². The zero-order valence-corrected chi connectivity index (χ0v) is 15.6. The van der Waals surface area contributed by atoms with E-state index in [1.165, 1.54) is 6.20 Å². The summed E-state index contributed by atoms with van der Waals surface area (Å²) in [6.07, 6.45) is 4.52. The fourth-order valence-electron chi connectivity index (χ4n) is 3.68. The smallest absolute Gasteiger partial charge is 0.308 e. The summed E-state index contributed by atoms with van der Waals surface area (Å²) in [7, 11) is 0. The average molecular weight is 376 g/mol. The number of carbonyl (C=O) groups is 2. The van der Waals surface area contributed by atoms with Crippen LogP contribution in [-0.2, 0) is 4.79 Å². The van der Waals surface area contributed by atoms with Crippen LogP contribution < -0.4 is 5.32 Å². The zero-order chi connectivity index (χ0) is 18.9. The third kappa shape index (κ3) is 3.46. The molecule has 1 aromatic heterocycles. The van der Waals surface area contributed by atoms with Crippen LogP contribution in [0.1, 0.15) is 48.7 Å². The van der Waals surface area contributed by atoms with Crippen LogP contribution in [0.2, 0.25) is 5.02 Å². The van der Waals surface area contributed by atoms with Gasteiger partial charge in [-0.2, -0.15) is 5.10 Å². The third-order valence-electron chi connectivity index (χ3n) is 5.23. The maximum absolute atomic E-state index is 12.8. The topological polar surface area (TPSA) is 84.2 Å². The molecule has 2 unspecified atom stereocenters. The number of amides is 1. The van der Waals surface area contributed by atoms with Crippen LogP contribution in [0.4, 0.5) is 0 Å². The van der Waals surface area contributed by atoms with E-state index >= 15 is 0 Å². The van der Waals surface area contributed by atoms with Gasteiger partial charge in [-0.1, -0.05) is 24.4 Å². The molecule has 1 heterocycles. The second-order valence-corrected chi connectivity index (χ2v) is 7.48. The maximum atomic E-state index is 12.8. The Bertz CT molecular complexity index is 831. The molecule has 7 heteroatoms. The predicted molar refractivity (Wildman–Crippen MR) is 98.8 cm³/mol. The van der Waals surface area contributed by atoms with Gasteiger partial charge in [0.15, 0.2) is 0 Å². The molecule has 0 aliphatic heterocycles. The van der Waals surface area contributed by atoms with Gasteiger partial charge in [-0.3, -0.25) is 9.59 Å². The first kappa shape index (κ1) is 18.5. The lowest BCUT2D eigenvalue weighted by atomic mass is 9.73. The normalized spacial score (nSPS) is 22.8. The highest BCUT2D eigenvalue weighted by molar-refractivity contribution is 6.30. The van der Waals surface area contributed by atoms with Gasteiger partial charge in [0, 0.05) is 5.02 Å². The molecule has 1 saturated carbocycles. The van der Waals surface area contributed by atoms with E-state index in [0.717, 1.165) is 18.5 Å². The number of carboxylic acid groups (broad SMARTS) is 1. The minimum absolute atomic E-state index is 0.293. The van der Waals surface area contributed by atoms with Crippen LogP contribution in [0.3, 0.4) is 0 Å². The van der Waals surface area contributed by atoms with Gasteiger partial charge in [0.1, 0.15) is 0 Å². The Balaban J connectivity index is 1.84. The van der Waals surface area contributed by atoms with Crippen molar-refractivity contribution in [1.82, 2.24) is 15.1 Å². The summed E-state index contributed by atoms with van der Waals surface area (Å²) in [5.41, 5.74) is 1.18. The number of hydrogen-bond acceptors (Lipinski definition) is 3. The number of aliphatic carboxylic acids is 1. The Morgan fingerprint density at radius 3 is 2.65 bits per heavy atom. The number of hydrogen-bond donors (Lipinski definition) is 2. The number of carbonyl (C=O) groups excluding carboxylic acids is 1. The van der Waals surface area contributed by atoms with Gasteiger partial charge in [0.25, 0.3) is 5.91 Å². The van der Waals surface area contributed by atoms with Gasteiger partial charge in [-0.05, 0) is 51.0 Å². The van der Waals surface area contributed by atoms with Crippen LogP contribution in [0.5, 0.6) is 0 Å². The molecule has 0 radical (unpaired) electrons. The molecule has 2 aromatic rings. The van der Waals surface area contributed by atoms with Gasteiger partial charge in [-0.25, -0.2) is 4.68 Å². The van der Waals surface area contributed by atoms with E-state index in [1.807, 2.05) is 26.0 Å². The summed E-state index contributed by atoms with van der Waals surface area (Å²) in [5, 5.41) is 17.4. The van der Waals surface area contributed by atoms with Gasteiger partial charge in [0.05, 0.1) is 34.6 Å². The number of carboxylic acids is 1. The van der Waals surface area contributed by atoms with Crippen LogP contribution in [0.25, 0.3) is 5.69 Å². The monoisotopic (exact) mass is 375 g/mol. The van der Waals surface area contributed by atoms with Gasteiger partial charge >= 0.3 is 5.97 Å². The van der Waals surface area contributed by atoms with Crippen LogP contribution in [0.15, 0.2) is 30.5 Å². The molecule has 6 nitrogen and oxygen atoms in total. The van der Waals surface area contributed by atoms with Crippen molar-refractivity contribution in [2.75, 3.05) is 0 Å². The Morgan fingerprint density at radius 2 is 2.00 bits per heavy atom. The summed E-state index contributed by atoms with van der Waals surface area (Å²) in [4.78, 5) is 24.4. The van der Waals surface area contributed by atoms with Crippen molar-refractivity contribution in [3.05, 3.63) is 46.7 Å². The van der Waals surface area contributed by atoms with E-state index < -0.39 is 17.4 Å². The molecule has 138 valence electrons. The molecule has 1 amide bonds. The first-order valence-corrected chi connectivity index (χ1v) is 9.05. The van der Waals surface area contributed by atoms with E-state index in [0.29, 0.717) is 29.1 Å². The number of benzene rings is 1. The number of halogens is 1. The average Bonchev–Trinajstić information content (AvgIpc) is 2.97. The Kier molecular flexibility index (Phi) is 5.05. The van der Waals surface area contributed by atoms with Gasteiger partial charge < -0.3 is 10.4 Å². The first-order valence-electron chi connectivity index (χ1n) is 8.68. The molecule has 26 heavy (non-hydrogen) atoms. The summed E-state index contributed by atoms with van der Waals surface area (Å²) < 4.78 is 1.67. The van der Waals surface area contributed by atoms with Gasteiger partial charge in [0.2, 0.25) is 0 Å². The highest BCUT2D eigenvalue weighted by Gasteiger charge is 2.42. The molecule has 0 spiro atoms. The maximum Gasteiger partial charge on any atom is 0.308 e. The summed E-state index contributed by atoms with van der Waals surface area (Å²) in [5.74, 6) is -1.73. The molecular formula is C19H22ClN3O3. The molecule has 2 atom stereocenters. The van der Waals surface area contributed by atoms with E-state index in [2.05, 4.69) is 10.4 Å². The summed E-state index contributed by atoms with van der Waals surface area (Å²) >= 11 is 5.92. The first-order chi connectivity index (χ1) is 12.3. The lowest BCUT2D eigenvalue weighted by Gasteiger charge is -2.39.